The molecule has 1 saturated heterocycles. The second-order valence-corrected chi connectivity index (χ2v) is 10.0. The van der Waals surface area contributed by atoms with E-state index in [2.05, 4.69) is 24.4 Å². The van der Waals surface area contributed by atoms with Gasteiger partial charge in [-0.1, -0.05) is 6.07 Å². The van der Waals surface area contributed by atoms with Gasteiger partial charge in [0, 0.05) is 18.0 Å². The Kier molecular flexibility index (Phi) is 5.11. The van der Waals surface area contributed by atoms with E-state index in [0.29, 0.717) is 23.9 Å². The molecule has 2 aromatic rings. The maximum Gasteiger partial charge on any atom is 0.243 e. The smallest absolute Gasteiger partial charge is 0.207 e. The quantitative estimate of drug-likeness (QED) is 0.766. The molecule has 5 heteroatoms. The summed E-state index contributed by atoms with van der Waals surface area (Å²) < 4.78 is 28.4. The van der Waals surface area contributed by atoms with Gasteiger partial charge in [-0.15, -0.1) is 11.3 Å². The first-order valence-corrected chi connectivity index (χ1v) is 11.2. The summed E-state index contributed by atoms with van der Waals surface area (Å²) in [5.74, 6) is 0.495. The normalized spacial score (nSPS) is 17.2. The van der Waals surface area contributed by atoms with Crippen molar-refractivity contribution in [1.29, 1.82) is 0 Å². The minimum atomic E-state index is -3.44. The summed E-state index contributed by atoms with van der Waals surface area (Å²) >= 11 is 1.78. The highest BCUT2D eigenvalue weighted by atomic mass is 32.2. The first-order chi connectivity index (χ1) is 11.7. The highest BCUT2D eigenvalue weighted by molar-refractivity contribution is 7.89. The maximum atomic E-state index is 13.4. The number of sulfonamides is 1. The lowest BCUT2D eigenvalue weighted by atomic mass is 9.95. The van der Waals surface area contributed by atoms with E-state index < -0.39 is 10.0 Å². The zero-order valence-corrected chi connectivity index (χ0v) is 17.4. The average Bonchev–Trinajstić information content (AvgIpc) is 3.13. The van der Waals surface area contributed by atoms with Crippen LogP contribution < -0.4 is 0 Å². The Morgan fingerprint density at radius 3 is 1.92 bits per heavy atom. The van der Waals surface area contributed by atoms with Gasteiger partial charge in [-0.3, -0.25) is 0 Å². The van der Waals surface area contributed by atoms with E-state index in [1.807, 2.05) is 27.7 Å². The van der Waals surface area contributed by atoms with Crippen LogP contribution in [0.15, 0.2) is 22.4 Å². The molecule has 25 heavy (non-hydrogen) atoms. The van der Waals surface area contributed by atoms with Crippen molar-refractivity contribution in [3.8, 4) is 0 Å². The lowest BCUT2D eigenvalue weighted by Crippen LogP contribution is -2.38. The number of rotatable bonds is 3. The summed E-state index contributed by atoms with van der Waals surface area (Å²) in [6, 6.07) is 4.24. The molecule has 0 N–H and O–H groups in total. The molecule has 0 saturated carbocycles. The van der Waals surface area contributed by atoms with Gasteiger partial charge in [-0.05, 0) is 92.6 Å². The summed E-state index contributed by atoms with van der Waals surface area (Å²) in [5.41, 5.74) is 5.19. The summed E-state index contributed by atoms with van der Waals surface area (Å²) in [7, 11) is -3.44. The molecule has 0 bridgehead atoms. The highest BCUT2D eigenvalue weighted by Gasteiger charge is 2.33. The van der Waals surface area contributed by atoms with Gasteiger partial charge >= 0.3 is 0 Å². The Labute approximate surface area is 155 Å². The third-order valence-corrected chi connectivity index (χ3v) is 9.14. The molecule has 1 aliphatic rings. The van der Waals surface area contributed by atoms with Gasteiger partial charge in [0.2, 0.25) is 10.0 Å². The Bertz CT molecular complexity index is 846. The molecule has 1 aromatic heterocycles. The van der Waals surface area contributed by atoms with E-state index in [1.165, 1.54) is 10.4 Å². The molecule has 2 heterocycles. The van der Waals surface area contributed by atoms with Crippen molar-refractivity contribution in [2.75, 3.05) is 13.1 Å². The molecule has 1 aliphatic heterocycles. The standard InChI is InChI=1S/C20H27NO2S2/c1-13-14(2)16(4)20(17(5)15(13)3)25(22,23)21-10-8-18(9-11-21)19-7-6-12-24-19/h6-7,12,18H,8-11H2,1-5H3. The third-order valence-electron chi connectivity index (χ3n) is 5.93. The van der Waals surface area contributed by atoms with Crippen molar-refractivity contribution >= 4 is 21.4 Å². The van der Waals surface area contributed by atoms with Gasteiger partial charge in [-0.25, -0.2) is 8.42 Å². The number of thiophene rings is 1. The van der Waals surface area contributed by atoms with Crippen LogP contribution >= 0.6 is 11.3 Å². The number of hydrogen-bond donors (Lipinski definition) is 0. The van der Waals surface area contributed by atoms with Crippen LogP contribution in [0.1, 0.15) is 51.5 Å². The molecule has 0 amide bonds. The largest absolute Gasteiger partial charge is 0.243 e. The molecule has 3 rings (SSSR count). The van der Waals surface area contributed by atoms with E-state index in [-0.39, 0.29) is 0 Å². The van der Waals surface area contributed by atoms with Crippen LogP contribution in [0.5, 0.6) is 0 Å². The van der Waals surface area contributed by atoms with Crippen molar-refractivity contribution < 1.29 is 8.42 Å². The monoisotopic (exact) mass is 377 g/mol. The van der Waals surface area contributed by atoms with E-state index in [0.717, 1.165) is 35.1 Å². The van der Waals surface area contributed by atoms with Gasteiger partial charge in [0.1, 0.15) is 0 Å². The van der Waals surface area contributed by atoms with Crippen molar-refractivity contribution in [2.24, 2.45) is 0 Å². The van der Waals surface area contributed by atoms with Crippen molar-refractivity contribution in [3.63, 3.8) is 0 Å². The molecule has 0 radical (unpaired) electrons. The summed E-state index contributed by atoms with van der Waals surface area (Å²) in [6.45, 7) is 11.2. The van der Waals surface area contributed by atoms with Crippen LogP contribution in [0.2, 0.25) is 0 Å². The van der Waals surface area contributed by atoms with Crippen LogP contribution in [-0.4, -0.2) is 25.8 Å². The number of nitrogens with zero attached hydrogens (tertiary/aromatic N) is 1. The van der Waals surface area contributed by atoms with Crippen molar-refractivity contribution in [2.45, 2.75) is 58.3 Å². The number of hydrogen-bond acceptors (Lipinski definition) is 3. The minimum absolute atomic E-state index is 0.495. The van der Waals surface area contributed by atoms with Gasteiger partial charge < -0.3 is 0 Å². The van der Waals surface area contributed by atoms with Gasteiger partial charge in [0.05, 0.1) is 4.90 Å². The summed E-state index contributed by atoms with van der Waals surface area (Å²) in [5, 5.41) is 2.10. The third kappa shape index (κ3) is 3.18. The molecular weight excluding hydrogens is 350 g/mol. The summed E-state index contributed by atoms with van der Waals surface area (Å²) in [4.78, 5) is 1.91. The van der Waals surface area contributed by atoms with Gasteiger partial charge in [0.25, 0.3) is 0 Å². The maximum absolute atomic E-state index is 13.4. The van der Waals surface area contributed by atoms with Crippen LogP contribution in [0, 0.1) is 34.6 Å². The number of benzene rings is 1. The number of piperidine rings is 1. The predicted octanol–water partition coefficient (Wildman–Crippen LogP) is 4.86. The average molecular weight is 378 g/mol. The second kappa shape index (κ2) is 6.86. The van der Waals surface area contributed by atoms with E-state index in [4.69, 9.17) is 0 Å². The van der Waals surface area contributed by atoms with Crippen molar-refractivity contribution in [3.05, 3.63) is 50.2 Å². The molecule has 136 valence electrons. The zero-order valence-electron chi connectivity index (χ0n) is 15.7. The molecule has 3 nitrogen and oxygen atoms in total. The minimum Gasteiger partial charge on any atom is -0.207 e. The summed E-state index contributed by atoms with van der Waals surface area (Å²) in [6.07, 6.45) is 1.81. The molecule has 0 atom stereocenters. The topological polar surface area (TPSA) is 37.4 Å². The van der Waals surface area contributed by atoms with E-state index in [1.54, 1.807) is 15.6 Å². The molecule has 0 spiro atoms. The Balaban J connectivity index is 1.91. The van der Waals surface area contributed by atoms with E-state index >= 15 is 0 Å². The SMILES string of the molecule is Cc1c(C)c(C)c(S(=O)(=O)N2CCC(c3cccs3)CC2)c(C)c1C. The molecular formula is C20H27NO2S2. The van der Waals surface area contributed by atoms with Crippen LogP contribution in [0.25, 0.3) is 0 Å². The van der Waals surface area contributed by atoms with E-state index in [9.17, 15) is 8.42 Å². The fourth-order valence-electron chi connectivity index (χ4n) is 3.89. The first kappa shape index (κ1) is 18.6. The Morgan fingerprint density at radius 2 is 1.44 bits per heavy atom. The van der Waals surface area contributed by atoms with Crippen molar-refractivity contribution in [1.82, 2.24) is 4.31 Å². The predicted molar refractivity (Wildman–Crippen MR) is 105 cm³/mol. The highest BCUT2D eigenvalue weighted by Crippen LogP contribution is 2.36. The lowest BCUT2D eigenvalue weighted by molar-refractivity contribution is 0.321. The zero-order chi connectivity index (χ0) is 18.4. The Morgan fingerprint density at radius 1 is 0.920 bits per heavy atom. The molecule has 0 aliphatic carbocycles. The van der Waals surface area contributed by atoms with Gasteiger partial charge in [0.15, 0.2) is 0 Å². The molecule has 1 aromatic carbocycles. The second-order valence-electron chi connectivity index (χ2n) is 7.15. The van der Waals surface area contributed by atoms with Crippen LogP contribution in [-0.2, 0) is 10.0 Å². The van der Waals surface area contributed by atoms with Crippen LogP contribution in [0.3, 0.4) is 0 Å². The Hall–Kier alpha value is -1.17. The fraction of sp³-hybridized carbons (Fsp3) is 0.500. The van der Waals surface area contributed by atoms with Crippen LogP contribution in [0.4, 0.5) is 0 Å². The fourth-order valence-corrected chi connectivity index (χ4v) is 6.82. The molecule has 0 unspecified atom stereocenters. The molecule has 1 fully saturated rings. The first-order valence-electron chi connectivity index (χ1n) is 8.85. The lowest BCUT2D eigenvalue weighted by Gasteiger charge is -2.32. The van der Waals surface area contributed by atoms with Gasteiger partial charge in [-0.2, -0.15) is 4.31 Å².